The molecule has 114 valence electrons. The lowest BCUT2D eigenvalue weighted by atomic mass is 10.2. The number of benzene rings is 1. The highest BCUT2D eigenvalue weighted by Crippen LogP contribution is 2.26. The number of anilines is 1. The topological polar surface area (TPSA) is 50.5 Å². The van der Waals surface area contributed by atoms with Crippen molar-refractivity contribution in [2.75, 3.05) is 31.1 Å². The Morgan fingerprint density at radius 1 is 1.05 bits per heavy atom. The number of para-hydroxylation sites is 1. The van der Waals surface area contributed by atoms with Gasteiger partial charge in [-0.2, -0.15) is 4.73 Å². The van der Waals surface area contributed by atoms with Gasteiger partial charge < -0.3 is 15.0 Å². The van der Waals surface area contributed by atoms with Crippen LogP contribution in [0.2, 0.25) is 5.02 Å². The third kappa shape index (κ3) is 2.99. The van der Waals surface area contributed by atoms with Gasteiger partial charge in [-0.15, -0.1) is 0 Å². The van der Waals surface area contributed by atoms with E-state index < -0.39 is 0 Å². The highest BCUT2D eigenvalue weighted by Gasteiger charge is 2.23. The van der Waals surface area contributed by atoms with Crippen molar-refractivity contribution in [2.24, 2.45) is 0 Å². The normalized spacial score (nSPS) is 15.0. The number of hydrogen-bond acceptors (Lipinski definition) is 3. The quantitative estimate of drug-likeness (QED) is 0.628. The van der Waals surface area contributed by atoms with Crippen molar-refractivity contribution in [2.45, 2.75) is 0 Å². The van der Waals surface area contributed by atoms with Crippen molar-refractivity contribution < 1.29 is 9.52 Å². The fourth-order valence-corrected chi connectivity index (χ4v) is 2.85. The summed E-state index contributed by atoms with van der Waals surface area (Å²) in [7, 11) is 0. The van der Waals surface area contributed by atoms with E-state index in [9.17, 15) is 10.0 Å². The van der Waals surface area contributed by atoms with Gasteiger partial charge in [0.1, 0.15) is 0 Å². The number of hydrogen-bond donors (Lipinski definition) is 0. The number of pyridine rings is 1. The highest BCUT2D eigenvalue weighted by atomic mass is 35.5. The summed E-state index contributed by atoms with van der Waals surface area (Å²) in [6, 6.07) is 10.8. The lowest BCUT2D eigenvalue weighted by Gasteiger charge is -2.36. The molecule has 0 N–H and O–H groups in total. The van der Waals surface area contributed by atoms with Gasteiger partial charge in [0.2, 0.25) is 0 Å². The van der Waals surface area contributed by atoms with Crippen LogP contribution in [0.1, 0.15) is 10.4 Å². The number of carbonyl (C=O) groups excluding carboxylic acids is 1. The lowest BCUT2D eigenvalue weighted by molar-refractivity contribution is -0.605. The SMILES string of the molecule is O=C(c1cc[n+]([O-])cc1)N1CCN(c2ccccc2Cl)CC1. The van der Waals surface area contributed by atoms with Crippen molar-refractivity contribution >= 4 is 23.2 Å². The Labute approximate surface area is 133 Å². The van der Waals surface area contributed by atoms with Crippen molar-refractivity contribution in [3.8, 4) is 0 Å². The van der Waals surface area contributed by atoms with Crippen LogP contribution in [0.15, 0.2) is 48.8 Å². The van der Waals surface area contributed by atoms with E-state index >= 15 is 0 Å². The molecule has 0 atom stereocenters. The first kappa shape index (κ1) is 14.7. The predicted molar refractivity (Wildman–Crippen MR) is 85.0 cm³/mol. The summed E-state index contributed by atoms with van der Waals surface area (Å²) >= 11 is 6.21. The molecule has 1 aliphatic rings. The second kappa shape index (κ2) is 6.23. The first-order valence-electron chi connectivity index (χ1n) is 7.13. The molecule has 3 rings (SSSR count). The van der Waals surface area contributed by atoms with Crippen molar-refractivity contribution in [3.63, 3.8) is 0 Å². The first-order valence-corrected chi connectivity index (χ1v) is 7.50. The third-order valence-corrected chi connectivity index (χ3v) is 4.13. The van der Waals surface area contributed by atoms with Gasteiger partial charge in [0.25, 0.3) is 5.91 Å². The van der Waals surface area contributed by atoms with Gasteiger partial charge in [0, 0.05) is 38.3 Å². The van der Waals surface area contributed by atoms with Crippen molar-refractivity contribution in [3.05, 3.63) is 64.6 Å². The van der Waals surface area contributed by atoms with Crippen molar-refractivity contribution in [1.82, 2.24) is 4.90 Å². The molecular formula is C16H16ClN3O2. The van der Waals surface area contributed by atoms with Crippen LogP contribution in [0.4, 0.5) is 5.69 Å². The third-order valence-electron chi connectivity index (χ3n) is 3.81. The summed E-state index contributed by atoms with van der Waals surface area (Å²) in [5, 5.41) is 11.8. The smallest absolute Gasteiger partial charge is 0.254 e. The van der Waals surface area contributed by atoms with Gasteiger partial charge in [-0.25, -0.2) is 0 Å². The Kier molecular flexibility index (Phi) is 4.15. The second-order valence-electron chi connectivity index (χ2n) is 5.18. The molecule has 0 saturated carbocycles. The van der Waals surface area contributed by atoms with Crippen LogP contribution in [0.3, 0.4) is 0 Å². The Morgan fingerprint density at radius 3 is 2.32 bits per heavy atom. The molecule has 1 aromatic heterocycles. The van der Waals surface area contributed by atoms with Gasteiger partial charge in [-0.1, -0.05) is 23.7 Å². The molecule has 2 heterocycles. The zero-order chi connectivity index (χ0) is 15.5. The second-order valence-corrected chi connectivity index (χ2v) is 5.58. The van der Waals surface area contributed by atoms with Gasteiger partial charge in [-0.05, 0) is 12.1 Å². The molecule has 0 unspecified atom stereocenters. The minimum Gasteiger partial charge on any atom is -0.619 e. The number of halogens is 1. The largest absolute Gasteiger partial charge is 0.619 e. The lowest BCUT2D eigenvalue weighted by Crippen LogP contribution is -2.49. The van der Waals surface area contributed by atoms with Gasteiger partial charge >= 0.3 is 0 Å². The maximum atomic E-state index is 12.4. The van der Waals surface area contributed by atoms with Crippen LogP contribution < -0.4 is 9.63 Å². The van der Waals surface area contributed by atoms with Crippen molar-refractivity contribution in [1.29, 1.82) is 0 Å². The van der Waals surface area contributed by atoms with Gasteiger partial charge in [0.15, 0.2) is 12.4 Å². The maximum Gasteiger partial charge on any atom is 0.254 e. The zero-order valence-corrected chi connectivity index (χ0v) is 12.7. The molecule has 6 heteroatoms. The van der Waals surface area contributed by atoms with E-state index in [2.05, 4.69) is 4.90 Å². The Bertz CT molecular complexity index is 667. The van der Waals surface area contributed by atoms with E-state index in [1.54, 1.807) is 17.0 Å². The summed E-state index contributed by atoms with van der Waals surface area (Å²) in [6.07, 6.45) is 2.68. The van der Waals surface area contributed by atoms with E-state index in [1.807, 2.05) is 24.3 Å². The van der Waals surface area contributed by atoms with Crippen LogP contribution in [-0.4, -0.2) is 37.0 Å². The molecule has 1 fully saturated rings. The van der Waals surface area contributed by atoms with Crippen LogP contribution in [0.5, 0.6) is 0 Å². The molecule has 5 nitrogen and oxygen atoms in total. The molecule has 0 spiro atoms. The fourth-order valence-electron chi connectivity index (χ4n) is 2.60. The molecule has 22 heavy (non-hydrogen) atoms. The number of amides is 1. The number of piperazine rings is 1. The maximum absolute atomic E-state index is 12.4. The van der Waals surface area contributed by atoms with E-state index in [0.29, 0.717) is 23.4 Å². The van der Waals surface area contributed by atoms with E-state index in [-0.39, 0.29) is 5.91 Å². The highest BCUT2D eigenvalue weighted by molar-refractivity contribution is 6.33. The summed E-state index contributed by atoms with van der Waals surface area (Å²) in [5.41, 5.74) is 1.54. The van der Waals surface area contributed by atoms with Gasteiger partial charge in [0.05, 0.1) is 16.3 Å². The molecular weight excluding hydrogens is 302 g/mol. The zero-order valence-electron chi connectivity index (χ0n) is 12.0. The first-order chi connectivity index (χ1) is 10.6. The molecule has 1 saturated heterocycles. The van der Waals surface area contributed by atoms with E-state index in [4.69, 9.17) is 11.6 Å². The molecule has 2 aromatic rings. The minimum atomic E-state index is -0.0422. The van der Waals surface area contributed by atoms with Crippen LogP contribution in [-0.2, 0) is 0 Å². The number of rotatable bonds is 2. The molecule has 0 bridgehead atoms. The summed E-state index contributed by atoms with van der Waals surface area (Å²) < 4.78 is 0.673. The Balaban J connectivity index is 1.65. The predicted octanol–water partition coefficient (Wildman–Crippen LogP) is 1.94. The molecule has 1 aliphatic heterocycles. The minimum absolute atomic E-state index is 0.0422. The average Bonchev–Trinajstić information content (AvgIpc) is 2.56. The fraction of sp³-hybridized carbons (Fsp3) is 0.250. The molecule has 0 radical (unpaired) electrons. The standard InChI is InChI=1S/C16H16ClN3O2/c17-14-3-1-2-4-15(14)18-9-11-19(12-10-18)16(21)13-5-7-20(22)8-6-13/h1-8H,9-12H2. The molecule has 0 aliphatic carbocycles. The molecule has 1 amide bonds. The Morgan fingerprint density at radius 2 is 1.68 bits per heavy atom. The Hall–Kier alpha value is -2.27. The number of carbonyl (C=O) groups is 1. The van der Waals surface area contributed by atoms with Crippen LogP contribution in [0.25, 0.3) is 0 Å². The van der Waals surface area contributed by atoms with E-state index in [0.717, 1.165) is 23.8 Å². The molecule has 1 aromatic carbocycles. The van der Waals surface area contributed by atoms with Gasteiger partial charge in [-0.3, -0.25) is 4.79 Å². The number of aromatic nitrogens is 1. The van der Waals surface area contributed by atoms with Crippen LogP contribution >= 0.6 is 11.6 Å². The number of nitrogens with zero attached hydrogens (tertiary/aromatic N) is 3. The summed E-state index contributed by atoms with van der Waals surface area (Å²) in [4.78, 5) is 16.4. The summed E-state index contributed by atoms with van der Waals surface area (Å²) in [6.45, 7) is 2.75. The van der Waals surface area contributed by atoms with E-state index in [1.165, 1.54) is 12.4 Å². The van der Waals surface area contributed by atoms with Crippen LogP contribution in [0, 0.1) is 5.21 Å². The average molecular weight is 318 g/mol. The summed E-state index contributed by atoms with van der Waals surface area (Å²) in [5.74, 6) is -0.0422. The monoisotopic (exact) mass is 317 g/mol.